The number of rotatable bonds is 8. The molecular formula is C20H28N2O2. The highest BCUT2D eigenvalue weighted by Crippen LogP contribution is 2.22. The fourth-order valence-electron chi connectivity index (χ4n) is 2.80. The van der Waals surface area contributed by atoms with Gasteiger partial charge < -0.3 is 15.1 Å². The van der Waals surface area contributed by atoms with Gasteiger partial charge in [-0.1, -0.05) is 45.0 Å². The average Bonchev–Trinajstić information content (AvgIpc) is 3.10. The van der Waals surface area contributed by atoms with E-state index in [1.54, 1.807) is 6.26 Å². The van der Waals surface area contributed by atoms with Gasteiger partial charge in [0.05, 0.1) is 18.8 Å². The predicted octanol–water partition coefficient (Wildman–Crippen LogP) is 4.01. The van der Waals surface area contributed by atoms with E-state index < -0.39 is 0 Å². The number of carbonyl (C=O) groups excluding carboxylic acids is 1. The van der Waals surface area contributed by atoms with Crippen LogP contribution in [0, 0.1) is 5.92 Å². The van der Waals surface area contributed by atoms with Gasteiger partial charge in [0.25, 0.3) is 0 Å². The van der Waals surface area contributed by atoms with Gasteiger partial charge in [0.1, 0.15) is 5.76 Å². The van der Waals surface area contributed by atoms with Crippen LogP contribution in [0.2, 0.25) is 0 Å². The minimum Gasteiger partial charge on any atom is -0.467 e. The van der Waals surface area contributed by atoms with Crippen LogP contribution in [0.3, 0.4) is 0 Å². The summed E-state index contributed by atoms with van der Waals surface area (Å²) >= 11 is 0. The van der Waals surface area contributed by atoms with Gasteiger partial charge in [0, 0.05) is 6.04 Å². The standard InChI is InChI=1S/C20H28N2O2/c1-5-16-8-10-17(11-9-16)20(14(2)3)21-13-19(23)22-15(4)18-7-6-12-24-18/h6-12,14-15,20-21H,5,13H2,1-4H3,(H,22,23). The Kier molecular flexibility index (Phi) is 6.62. The highest BCUT2D eigenvalue weighted by atomic mass is 16.3. The maximum Gasteiger partial charge on any atom is 0.234 e. The number of hydrogen-bond acceptors (Lipinski definition) is 3. The summed E-state index contributed by atoms with van der Waals surface area (Å²) in [6, 6.07) is 12.3. The van der Waals surface area contributed by atoms with Crippen molar-refractivity contribution in [2.24, 2.45) is 5.92 Å². The normalized spacial score (nSPS) is 13.7. The molecule has 0 aliphatic rings. The number of nitrogens with one attached hydrogen (secondary N) is 2. The van der Waals surface area contributed by atoms with E-state index in [9.17, 15) is 4.79 Å². The Morgan fingerprint density at radius 3 is 2.38 bits per heavy atom. The number of carbonyl (C=O) groups is 1. The molecule has 1 amide bonds. The molecule has 2 rings (SSSR count). The van der Waals surface area contributed by atoms with E-state index in [-0.39, 0.29) is 24.5 Å². The fourth-order valence-corrected chi connectivity index (χ4v) is 2.80. The smallest absolute Gasteiger partial charge is 0.234 e. The Morgan fingerprint density at radius 2 is 1.83 bits per heavy atom. The highest BCUT2D eigenvalue weighted by molar-refractivity contribution is 5.78. The van der Waals surface area contributed by atoms with Crippen LogP contribution in [0.4, 0.5) is 0 Å². The molecule has 2 atom stereocenters. The van der Waals surface area contributed by atoms with Gasteiger partial charge >= 0.3 is 0 Å². The summed E-state index contributed by atoms with van der Waals surface area (Å²) in [7, 11) is 0. The van der Waals surface area contributed by atoms with Crippen LogP contribution in [0.15, 0.2) is 47.1 Å². The first kappa shape index (κ1) is 18.3. The molecule has 2 aromatic rings. The Balaban J connectivity index is 1.92. The van der Waals surface area contributed by atoms with Gasteiger partial charge in [-0.3, -0.25) is 4.79 Å². The molecule has 24 heavy (non-hydrogen) atoms. The number of furan rings is 1. The minimum absolute atomic E-state index is 0.0327. The van der Waals surface area contributed by atoms with Crippen molar-refractivity contribution in [1.82, 2.24) is 10.6 Å². The first-order valence-corrected chi connectivity index (χ1v) is 8.66. The zero-order valence-electron chi connectivity index (χ0n) is 15.0. The Bertz CT molecular complexity index is 618. The summed E-state index contributed by atoms with van der Waals surface area (Å²) < 4.78 is 5.32. The van der Waals surface area contributed by atoms with Crippen molar-refractivity contribution in [3.8, 4) is 0 Å². The molecule has 0 saturated heterocycles. The molecule has 0 bridgehead atoms. The number of benzene rings is 1. The summed E-state index contributed by atoms with van der Waals surface area (Å²) in [6.07, 6.45) is 2.65. The molecule has 4 nitrogen and oxygen atoms in total. The van der Waals surface area contributed by atoms with E-state index in [4.69, 9.17) is 4.42 Å². The van der Waals surface area contributed by atoms with Crippen molar-refractivity contribution in [3.63, 3.8) is 0 Å². The average molecular weight is 328 g/mol. The summed E-state index contributed by atoms with van der Waals surface area (Å²) in [5.74, 6) is 1.13. The predicted molar refractivity (Wildman–Crippen MR) is 96.7 cm³/mol. The second kappa shape index (κ2) is 8.69. The van der Waals surface area contributed by atoms with Gasteiger partial charge in [-0.05, 0) is 42.5 Å². The monoisotopic (exact) mass is 328 g/mol. The lowest BCUT2D eigenvalue weighted by molar-refractivity contribution is -0.121. The molecular weight excluding hydrogens is 300 g/mol. The minimum atomic E-state index is -0.129. The summed E-state index contributed by atoms with van der Waals surface area (Å²) in [5, 5.41) is 6.33. The van der Waals surface area contributed by atoms with Crippen molar-refractivity contribution in [2.45, 2.75) is 46.2 Å². The van der Waals surface area contributed by atoms with Crippen molar-refractivity contribution in [1.29, 1.82) is 0 Å². The van der Waals surface area contributed by atoms with Gasteiger partial charge in [-0.2, -0.15) is 0 Å². The fraction of sp³-hybridized carbons (Fsp3) is 0.450. The summed E-state index contributed by atoms with van der Waals surface area (Å²) in [4.78, 5) is 12.2. The molecule has 1 aromatic carbocycles. The number of aryl methyl sites for hydroxylation is 1. The van der Waals surface area contributed by atoms with Gasteiger partial charge in [-0.15, -0.1) is 0 Å². The summed E-state index contributed by atoms with van der Waals surface area (Å²) in [5.41, 5.74) is 2.54. The Morgan fingerprint density at radius 1 is 1.12 bits per heavy atom. The van der Waals surface area contributed by atoms with E-state index in [1.165, 1.54) is 11.1 Å². The van der Waals surface area contributed by atoms with Crippen LogP contribution in [-0.4, -0.2) is 12.5 Å². The van der Waals surface area contributed by atoms with E-state index >= 15 is 0 Å². The number of hydrogen-bond donors (Lipinski definition) is 2. The van der Waals surface area contributed by atoms with Gasteiger partial charge in [0.2, 0.25) is 5.91 Å². The van der Waals surface area contributed by atoms with Crippen molar-refractivity contribution in [2.75, 3.05) is 6.54 Å². The maximum absolute atomic E-state index is 12.2. The van der Waals surface area contributed by atoms with Crippen molar-refractivity contribution >= 4 is 5.91 Å². The SMILES string of the molecule is CCc1ccc(C(NCC(=O)NC(C)c2ccco2)C(C)C)cc1. The lowest BCUT2D eigenvalue weighted by atomic mass is 9.95. The quantitative estimate of drug-likeness (QED) is 0.770. The number of amides is 1. The third-order valence-corrected chi connectivity index (χ3v) is 4.24. The lowest BCUT2D eigenvalue weighted by Crippen LogP contribution is -2.38. The molecule has 0 aliphatic heterocycles. The van der Waals surface area contributed by atoms with E-state index in [0.717, 1.165) is 12.2 Å². The maximum atomic E-state index is 12.2. The zero-order chi connectivity index (χ0) is 17.5. The molecule has 2 N–H and O–H groups in total. The highest BCUT2D eigenvalue weighted by Gasteiger charge is 2.18. The molecule has 2 unspecified atom stereocenters. The van der Waals surface area contributed by atoms with Crippen LogP contribution in [0.5, 0.6) is 0 Å². The first-order valence-electron chi connectivity index (χ1n) is 8.66. The van der Waals surface area contributed by atoms with E-state index in [2.05, 4.69) is 55.7 Å². The molecule has 4 heteroatoms. The molecule has 130 valence electrons. The van der Waals surface area contributed by atoms with Crippen LogP contribution < -0.4 is 10.6 Å². The van der Waals surface area contributed by atoms with Crippen LogP contribution in [-0.2, 0) is 11.2 Å². The van der Waals surface area contributed by atoms with Crippen molar-refractivity contribution in [3.05, 3.63) is 59.5 Å². The largest absolute Gasteiger partial charge is 0.467 e. The van der Waals surface area contributed by atoms with Crippen molar-refractivity contribution < 1.29 is 9.21 Å². The molecule has 0 radical (unpaired) electrons. The lowest BCUT2D eigenvalue weighted by Gasteiger charge is -2.23. The molecule has 1 aromatic heterocycles. The third kappa shape index (κ3) is 4.96. The second-order valence-corrected chi connectivity index (χ2v) is 6.50. The molecule has 1 heterocycles. The topological polar surface area (TPSA) is 54.3 Å². The van der Waals surface area contributed by atoms with E-state index in [1.807, 2.05) is 19.1 Å². The second-order valence-electron chi connectivity index (χ2n) is 6.50. The van der Waals surface area contributed by atoms with Gasteiger partial charge in [-0.25, -0.2) is 0 Å². The molecule has 0 fully saturated rings. The summed E-state index contributed by atoms with van der Waals surface area (Å²) in [6.45, 7) is 8.67. The first-order chi connectivity index (χ1) is 11.5. The molecule has 0 aliphatic carbocycles. The van der Waals surface area contributed by atoms with Crippen LogP contribution in [0.25, 0.3) is 0 Å². The third-order valence-electron chi connectivity index (χ3n) is 4.24. The van der Waals surface area contributed by atoms with E-state index in [0.29, 0.717) is 5.92 Å². The van der Waals surface area contributed by atoms with Gasteiger partial charge in [0.15, 0.2) is 0 Å². The Hall–Kier alpha value is -2.07. The van der Waals surface area contributed by atoms with Crippen LogP contribution >= 0.6 is 0 Å². The zero-order valence-corrected chi connectivity index (χ0v) is 15.0. The van der Waals surface area contributed by atoms with Crippen LogP contribution in [0.1, 0.15) is 56.7 Å². The molecule has 0 saturated carbocycles. The molecule has 0 spiro atoms. The Labute approximate surface area is 144 Å².